The van der Waals surface area contributed by atoms with Crippen molar-refractivity contribution in [3.05, 3.63) is 47.2 Å². The first-order valence-corrected chi connectivity index (χ1v) is 10.7. The zero-order valence-corrected chi connectivity index (χ0v) is 18.8. The molecule has 0 saturated heterocycles. The van der Waals surface area contributed by atoms with Gasteiger partial charge >= 0.3 is 0 Å². The van der Waals surface area contributed by atoms with Gasteiger partial charge in [0.15, 0.2) is 0 Å². The lowest BCUT2D eigenvalue weighted by Crippen LogP contribution is -2.52. The standard InChI is InChI=1S/C20H25FN6O3S/c1-6-20(3)17(26-19(22)27(4)31(20)29)13-9-12(7-8-14(13)21)25-18(28)16-11(2)24-15(30-5)10-23-16/h7-10,17H,6H2,1-5H3,(H2,22,26)(H,25,28). The van der Waals surface area contributed by atoms with E-state index < -0.39 is 33.5 Å². The van der Waals surface area contributed by atoms with E-state index in [1.165, 1.54) is 35.8 Å². The summed E-state index contributed by atoms with van der Waals surface area (Å²) < 4.78 is 33.3. The Kier molecular flexibility index (Phi) is 6.25. The van der Waals surface area contributed by atoms with Crippen LogP contribution in [0.1, 0.15) is 48.1 Å². The monoisotopic (exact) mass is 448 g/mol. The lowest BCUT2D eigenvalue weighted by molar-refractivity contribution is 0.102. The molecule has 2 heterocycles. The molecule has 9 nitrogen and oxygen atoms in total. The van der Waals surface area contributed by atoms with Crippen LogP contribution in [0.15, 0.2) is 29.4 Å². The van der Waals surface area contributed by atoms with Crippen molar-refractivity contribution < 1.29 is 18.1 Å². The van der Waals surface area contributed by atoms with E-state index in [1.54, 1.807) is 20.9 Å². The lowest BCUT2D eigenvalue weighted by atomic mass is 9.91. The molecule has 2 aromatic rings. The number of nitrogens with two attached hydrogens (primary N) is 1. The van der Waals surface area contributed by atoms with E-state index in [1.807, 2.05) is 6.92 Å². The number of aromatic nitrogens is 2. The number of nitrogens with zero attached hydrogens (tertiary/aromatic N) is 4. The average molecular weight is 449 g/mol. The van der Waals surface area contributed by atoms with Crippen molar-refractivity contribution in [3.8, 4) is 5.88 Å². The number of rotatable bonds is 5. The topological polar surface area (TPSA) is 123 Å². The largest absolute Gasteiger partial charge is 0.480 e. The minimum absolute atomic E-state index is 0.0622. The SMILES string of the molecule is CCC1(C)C(c2cc(NC(=O)c3ncc(OC)nc3C)ccc2F)N=C(N)N(C)S1=O. The van der Waals surface area contributed by atoms with E-state index in [0.717, 1.165) is 0 Å². The highest BCUT2D eigenvalue weighted by Gasteiger charge is 2.46. The van der Waals surface area contributed by atoms with Crippen molar-refractivity contribution in [2.45, 2.75) is 38.0 Å². The maximum atomic E-state index is 14.8. The van der Waals surface area contributed by atoms with Crippen molar-refractivity contribution in [1.82, 2.24) is 14.3 Å². The van der Waals surface area contributed by atoms with E-state index >= 15 is 0 Å². The van der Waals surface area contributed by atoms with Gasteiger partial charge in [-0.1, -0.05) is 6.92 Å². The van der Waals surface area contributed by atoms with Gasteiger partial charge in [0, 0.05) is 18.3 Å². The summed E-state index contributed by atoms with van der Waals surface area (Å²) in [5.74, 6) is -0.672. The molecular formula is C20H25FN6O3S. The second kappa shape index (κ2) is 8.58. The molecule has 1 aromatic heterocycles. The number of benzene rings is 1. The smallest absolute Gasteiger partial charge is 0.276 e. The quantitative estimate of drug-likeness (QED) is 0.724. The van der Waals surface area contributed by atoms with Gasteiger partial charge in [0.25, 0.3) is 5.91 Å². The third-order valence-corrected chi connectivity index (χ3v) is 7.40. The van der Waals surface area contributed by atoms with Crippen LogP contribution in [-0.2, 0) is 11.0 Å². The van der Waals surface area contributed by atoms with Gasteiger partial charge in [-0.15, -0.1) is 0 Å². The number of carbonyl (C=O) groups excluding carboxylic acids is 1. The average Bonchev–Trinajstić information content (AvgIpc) is 2.76. The van der Waals surface area contributed by atoms with Crippen molar-refractivity contribution >= 4 is 28.5 Å². The second-order valence-corrected chi connectivity index (χ2v) is 9.32. The first kappa shape index (κ1) is 22.6. The summed E-state index contributed by atoms with van der Waals surface area (Å²) in [7, 11) is 1.53. The number of ether oxygens (including phenoxy) is 1. The van der Waals surface area contributed by atoms with Gasteiger partial charge in [-0.05, 0) is 38.5 Å². The number of hydrogen-bond donors (Lipinski definition) is 2. The van der Waals surface area contributed by atoms with Gasteiger partial charge in [-0.2, -0.15) is 0 Å². The molecule has 0 radical (unpaired) electrons. The lowest BCUT2D eigenvalue weighted by Gasteiger charge is -2.41. The van der Waals surface area contributed by atoms with Crippen molar-refractivity contribution in [1.29, 1.82) is 0 Å². The van der Waals surface area contributed by atoms with Gasteiger partial charge in [0.05, 0.1) is 23.7 Å². The Hall–Kier alpha value is -3.08. The fourth-order valence-electron chi connectivity index (χ4n) is 3.36. The molecule has 3 atom stereocenters. The molecule has 1 aliphatic rings. The first-order chi connectivity index (χ1) is 14.6. The molecule has 166 valence electrons. The Morgan fingerprint density at radius 1 is 1.45 bits per heavy atom. The molecule has 0 saturated carbocycles. The number of amides is 1. The summed E-state index contributed by atoms with van der Waals surface area (Å²) in [6.45, 7) is 5.28. The van der Waals surface area contributed by atoms with Crippen LogP contribution < -0.4 is 15.8 Å². The van der Waals surface area contributed by atoms with Gasteiger partial charge < -0.3 is 15.8 Å². The number of halogens is 1. The van der Waals surface area contributed by atoms with Crippen LogP contribution >= 0.6 is 0 Å². The van der Waals surface area contributed by atoms with E-state index in [2.05, 4.69) is 20.3 Å². The van der Waals surface area contributed by atoms with Crippen molar-refractivity contribution in [2.24, 2.45) is 10.7 Å². The van der Waals surface area contributed by atoms with Gasteiger partial charge in [-0.3, -0.25) is 9.10 Å². The van der Waals surface area contributed by atoms with E-state index in [9.17, 15) is 13.4 Å². The van der Waals surface area contributed by atoms with Crippen LogP contribution in [0, 0.1) is 12.7 Å². The minimum Gasteiger partial charge on any atom is -0.480 e. The number of nitrogens with one attached hydrogen (secondary N) is 1. The van der Waals surface area contributed by atoms with Crippen LogP contribution in [0.3, 0.4) is 0 Å². The number of aryl methyl sites for hydroxylation is 1. The summed E-state index contributed by atoms with van der Waals surface area (Å²) in [5.41, 5.74) is 6.97. The normalized spacial score (nSPS) is 23.3. The highest BCUT2D eigenvalue weighted by atomic mass is 32.2. The maximum Gasteiger partial charge on any atom is 0.276 e. The van der Waals surface area contributed by atoms with Crippen LogP contribution in [0.5, 0.6) is 5.88 Å². The highest BCUT2D eigenvalue weighted by Crippen LogP contribution is 2.42. The molecule has 1 amide bonds. The number of methoxy groups -OCH3 is 1. The van der Waals surface area contributed by atoms with E-state index in [-0.39, 0.29) is 17.2 Å². The summed E-state index contributed by atoms with van der Waals surface area (Å²) in [6, 6.07) is 3.37. The third kappa shape index (κ3) is 4.09. The summed E-state index contributed by atoms with van der Waals surface area (Å²) >= 11 is 0. The van der Waals surface area contributed by atoms with Crippen LogP contribution in [-0.4, -0.2) is 49.3 Å². The molecule has 0 spiro atoms. The molecule has 11 heteroatoms. The molecule has 1 aromatic carbocycles. The predicted octanol–water partition coefficient (Wildman–Crippen LogP) is 2.32. The van der Waals surface area contributed by atoms with Crippen LogP contribution in [0.4, 0.5) is 10.1 Å². The molecule has 0 fully saturated rings. The Bertz CT molecular complexity index is 1080. The highest BCUT2D eigenvalue weighted by molar-refractivity contribution is 7.84. The third-order valence-electron chi connectivity index (χ3n) is 5.41. The Labute approximate surface area is 182 Å². The van der Waals surface area contributed by atoms with Crippen LogP contribution in [0.25, 0.3) is 0 Å². The Balaban J connectivity index is 1.97. The number of guanidine groups is 1. The molecule has 3 rings (SSSR count). The minimum atomic E-state index is -1.52. The molecule has 31 heavy (non-hydrogen) atoms. The maximum absolute atomic E-state index is 14.8. The van der Waals surface area contributed by atoms with E-state index in [0.29, 0.717) is 23.7 Å². The number of hydrogen-bond acceptors (Lipinski definition) is 7. The fraction of sp³-hybridized carbons (Fsp3) is 0.400. The molecular weight excluding hydrogens is 423 g/mol. The van der Waals surface area contributed by atoms with E-state index in [4.69, 9.17) is 10.5 Å². The Morgan fingerprint density at radius 2 is 2.16 bits per heavy atom. The summed E-state index contributed by atoms with van der Waals surface area (Å²) in [4.78, 5) is 25.3. The van der Waals surface area contributed by atoms with Crippen molar-refractivity contribution in [3.63, 3.8) is 0 Å². The molecule has 1 aliphatic heterocycles. The molecule has 0 aliphatic carbocycles. The summed E-state index contributed by atoms with van der Waals surface area (Å²) in [5, 5.41) is 2.70. The number of anilines is 1. The summed E-state index contributed by atoms with van der Waals surface area (Å²) in [6.07, 6.45) is 1.82. The zero-order chi connectivity index (χ0) is 22.9. The molecule has 0 bridgehead atoms. The van der Waals surface area contributed by atoms with Gasteiger partial charge in [0.1, 0.15) is 28.5 Å². The second-order valence-electron chi connectivity index (χ2n) is 7.34. The van der Waals surface area contributed by atoms with Crippen molar-refractivity contribution in [2.75, 3.05) is 19.5 Å². The number of carbonyl (C=O) groups is 1. The van der Waals surface area contributed by atoms with Gasteiger partial charge in [0.2, 0.25) is 11.8 Å². The Morgan fingerprint density at radius 3 is 2.77 bits per heavy atom. The molecule has 3 N–H and O–H groups in total. The van der Waals surface area contributed by atoms with Gasteiger partial charge in [-0.25, -0.2) is 23.6 Å². The first-order valence-electron chi connectivity index (χ1n) is 9.59. The number of aliphatic imine (C=N–C) groups is 1. The predicted molar refractivity (Wildman–Crippen MR) is 117 cm³/mol. The fourth-order valence-corrected chi connectivity index (χ4v) is 4.82. The molecule has 3 unspecified atom stereocenters. The zero-order valence-electron chi connectivity index (χ0n) is 18.0. The van der Waals surface area contributed by atoms with Crippen LogP contribution in [0.2, 0.25) is 0 Å².